The maximum absolute atomic E-state index is 13.6. The van der Waals surface area contributed by atoms with Gasteiger partial charge in [0, 0.05) is 24.7 Å². The summed E-state index contributed by atoms with van der Waals surface area (Å²) in [6, 6.07) is 5.11. The first kappa shape index (κ1) is 21.8. The number of hydrogen-bond acceptors (Lipinski definition) is 4. The Morgan fingerprint density at radius 1 is 1.20 bits per heavy atom. The Hall–Kier alpha value is -2.85. The number of sulfonamides is 1. The zero-order valence-electron chi connectivity index (χ0n) is 16.2. The molecule has 2 aromatic rings. The molecule has 0 fully saturated rings. The second-order valence-electron chi connectivity index (χ2n) is 7.21. The van der Waals surface area contributed by atoms with Gasteiger partial charge in [0.25, 0.3) is 0 Å². The smallest absolute Gasteiger partial charge is 0.305 e. The van der Waals surface area contributed by atoms with Crippen molar-refractivity contribution in [3.05, 3.63) is 59.2 Å². The van der Waals surface area contributed by atoms with Crippen molar-refractivity contribution < 1.29 is 31.9 Å². The molecule has 30 heavy (non-hydrogen) atoms. The van der Waals surface area contributed by atoms with Crippen LogP contribution in [-0.2, 0) is 26.0 Å². The normalized spacial score (nSPS) is 16.9. The van der Waals surface area contributed by atoms with Gasteiger partial charge in [0.05, 0.1) is 17.4 Å². The fourth-order valence-corrected chi connectivity index (χ4v) is 4.96. The van der Waals surface area contributed by atoms with Gasteiger partial charge in [0.15, 0.2) is 0 Å². The average molecular weight is 438 g/mol. The molecule has 0 saturated heterocycles. The lowest BCUT2D eigenvalue weighted by Crippen LogP contribution is -2.33. The number of nitrogens with one attached hydrogen (secondary N) is 1. The van der Waals surface area contributed by atoms with Crippen LogP contribution in [-0.4, -0.2) is 31.4 Å². The van der Waals surface area contributed by atoms with E-state index in [1.54, 1.807) is 4.90 Å². The lowest BCUT2D eigenvalue weighted by Gasteiger charge is -2.21. The number of hydrogen-bond donors (Lipinski definition) is 2. The zero-order valence-corrected chi connectivity index (χ0v) is 17.0. The minimum absolute atomic E-state index is 0.126. The lowest BCUT2D eigenvalue weighted by atomic mass is 10.0. The maximum Gasteiger partial charge on any atom is 0.305 e. The van der Waals surface area contributed by atoms with Crippen molar-refractivity contribution in [1.82, 2.24) is 4.72 Å². The molecule has 3 rings (SSSR count). The molecule has 1 aliphatic rings. The van der Waals surface area contributed by atoms with Gasteiger partial charge in [-0.25, -0.2) is 21.9 Å². The van der Waals surface area contributed by atoms with Crippen molar-refractivity contribution in [3.8, 4) is 0 Å². The summed E-state index contributed by atoms with van der Waals surface area (Å²) in [6.07, 6.45) is -0.242. The molecule has 2 N–H and O–H groups in total. The molecule has 2 aromatic carbocycles. The number of carboxylic acids is 1. The molecule has 0 spiro atoms. The van der Waals surface area contributed by atoms with E-state index in [4.69, 9.17) is 5.11 Å². The van der Waals surface area contributed by atoms with Crippen molar-refractivity contribution in [2.75, 3.05) is 4.90 Å². The first-order chi connectivity index (χ1) is 14.0. The Labute approximate surface area is 172 Å². The number of carbonyl (C=O) groups is 2. The number of halogens is 2. The Bertz CT molecular complexity index is 1100. The van der Waals surface area contributed by atoms with Crippen molar-refractivity contribution in [1.29, 1.82) is 0 Å². The summed E-state index contributed by atoms with van der Waals surface area (Å²) in [6.45, 7) is 3.27. The van der Waals surface area contributed by atoms with Gasteiger partial charge in [-0.05, 0) is 54.8 Å². The molecule has 0 saturated carbocycles. The van der Waals surface area contributed by atoms with E-state index in [0.717, 1.165) is 12.1 Å². The van der Waals surface area contributed by atoms with Crippen LogP contribution in [0.5, 0.6) is 0 Å². The third-order valence-electron chi connectivity index (χ3n) is 4.88. The number of fused-ring (bicyclic) bond motifs is 1. The Kier molecular flexibility index (Phi) is 5.91. The standard InChI is InChI=1S/C20H20F2N2O5S/c1-11-5-14-8-17(3-4-19(14)24(11)12(2)25)30(28,29)23-18(10-20(26)27)13-6-15(21)9-16(22)7-13/h3-4,6-9,11,18,23H,5,10H2,1-2H3,(H,26,27)/t11-,18+/m0/s1. The summed E-state index contributed by atoms with van der Waals surface area (Å²) in [7, 11) is -4.22. The number of benzene rings is 2. The zero-order chi connectivity index (χ0) is 22.2. The highest BCUT2D eigenvalue weighted by molar-refractivity contribution is 7.89. The summed E-state index contributed by atoms with van der Waals surface area (Å²) in [5.74, 6) is -3.40. The number of carboxylic acid groups (broad SMARTS) is 1. The Morgan fingerprint density at radius 2 is 1.83 bits per heavy atom. The molecular weight excluding hydrogens is 418 g/mol. The van der Waals surface area contributed by atoms with Crippen molar-refractivity contribution in [2.24, 2.45) is 0 Å². The van der Waals surface area contributed by atoms with Crippen LogP contribution in [0.15, 0.2) is 41.3 Å². The van der Waals surface area contributed by atoms with Crippen LogP contribution in [0.4, 0.5) is 14.5 Å². The fourth-order valence-electron chi connectivity index (χ4n) is 3.69. The lowest BCUT2D eigenvalue weighted by molar-refractivity contribution is -0.137. The van der Waals surface area contributed by atoms with Crippen molar-refractivity contribution >= 4 is 27.6 Å². The molecule has 1 aliphatic heterocycles. The van der Waals surface area contributed by atoms with Gasteiger partial charge in [0.2, 0.25) is 15.9 Å². The van der Waals surface area contributed by atoms with Crippen LogP contribution in [0.25, 0.3) is 0 Å². The monoisotopic (exact) mass is 438 g/mol. The fraction of sp³-hybridized carbons (Fsp3) is 0.300. The van der Waals surface area contributed by atoms with E-state index in [0.29, 0.717) is 23.7 Å². The van der Waals surface area contributed by atoms with E-state index in [1.165, 1.54) is 25.1 Å². The van der Waals surface area contributed by atoms with E-state index in [-0.39, 0.29) is 22.4 Å². The highest BCUT2D eigenvalue weighted by Gasteiger charge is 2.31. The molecule has 0 unspecified atom stereocenters. The molecule has 1 amide bonds. The molecule has 7 nitrogen and oxygen atoms in total. The highest BCUT2D eigenvalue weighted by atomic mass is 32.2. The van der Waals surface area contributed by atoms with E-state index < -0.39 is 40.1 Å². The predicted molar refractivity (Wildman–Crippen MR) is 104 cm³/mol. The van der Waals surface area contributed by atoms with Gasteiger partial charge in [0.1, 0.15) is 11.6 Å². The summed E-state index contributed by atoms with van der Waals surface area (Å²) in [4.78, 5) is 24.5. The van der Waals surface area contributed by atoms with Crippen LogP contribution in [0.2, 0.25) is 0 Å². The van der Waals surface area contributed by atoms with Gasteiger partial charge >= 0.3 is 5.97 Å². The molecule has 10 heteroatoms. The third kappa shape index (κ3) is 4.49. The van der Waals surface area contributed by atoms with E-state index in [9.17, 15) is 26.8 Å². The average Bonchev–Trinajstić information content (AvgIpc) is 2.94. The summed E-state index contributed by atoms with van der Waals surface area (Å²) in [5.41, 5.74) is 1.13. The highest BCUT2D eigenvalue weighted by Crippen LogP contribution is 2.34. The van der Waals surface area contributed by atoms with E-state index >= 15 is 0 Å². The number of amides is 1. The largest absolute Gasteiger partial charge is 0.481 e. The van der Waals surface area contributed by atoms with Crippen LogP contribution in [0.1, 0.15) is 37.4 Å². The van der Waals surface area contributed by atoms with Gasteiger partial charge in [-0.15, -0.1) is 0 Å². The Morgan fingerprint density at radius 3 is 2.40 bits per heavy atom. The molecule has 1 heterocycles. The van der Waals surface area contributed by atoms with Gasteiger partial charge in [-0.2, -0.15) is 0 Å². The summed E-state index contributed by atoms with van der Waals surface area (Å²) in [5, 5.41) is 9.13. The Balaban J connectivity index is 1.95. The predicted octanol–water partition coefficient (Wildman–Crippen LogP) is 2.76. The topological polar surface area (TPSA) is 104 Å². The van der Waals surface area contributed by atoms with Crippen LogP contribution >= 0.6 is 0 Å². The van der Waals surface area contributed by atoms with Gasteiger partial charge in [-0.3, -0.25) is 9.59 Å². The van der Waals surface area contributed by atoms with Crippen LogP contribution < -0.4 is 9.62 Å². The van der Waals surface area contributed by atoms with Crippen molar-refractivity contribution in [2.45, 2.75) is 43.7 Å². The maximum atomic E-state index is 13.6. The van der Waals surface area contributed by atoms with Crippen LogP contribution in [0, 0.1) is 11.6 Å². The minimum atomic E-state index is -4.22. The molecule has 2 atom stereocenters. The van der Waals surface area contributed by atoms with E-state index in [2.05, 4.69) is 4.72 Å². The molecule has 160 valence electrons. The SMILES string of the molecule is CC(=O)N1c2ccc(S(=O)(=O)N[C@H](CC(=O)O)c3cc(F)cc(F)c3)cc2C[C@@H]1C. The number of nitrogens with zero attached hydrogens (tertiary/aromatic N) is 1. The first-order valence-electron chi connectivity index (χ1n) is 9.11. The minimum Gasteiger partial charge on any atom is -0.481 e. The second-order valence-corrected chi connectivity index (χ2v) is 8.92. The number of carbonyl (C=O) groups excluding carboxylic acids is 1. The summed E-state index contributed by atoms with van der Waals surface area (Å²) < 4.78 is 55.2. The molecule has 0 aliphatic carbocycles. The quantitative estimate of drug-likeness (QED) is 0.722. The second kappa shape index (κ2) is 8.11. The van der Waals surface area contributed by atoms with Gasteiger partial charge < -0.3 is 10.0 Å². The molecule has 0 bridgehead atoms. The third-order valence-corrected chi connectivity index (χ3v) is 6.35. The molecule has 0 radical (unpaired) electrons. The number of aliphatic carboxylic acids is 1. The number of anilines is 1. The van der Waals surface area contributed by atoms with Crippen molar-refractivity contribution in [3.63, 3.8) is 0 Å². The van der Waals surface area contributed by atoms with E-state index in [1.807, 2.05) is 6.92 Å². The summed E-state index contributed by atoms with van der Waals surface area (Å²) >= 11 is 0. The molecular formula is C20H20F2N2O5S. The number of rotatable bonds is 6. The first-order valence-corrected chi connectivity index (χ1v) is 10.6. The van der Waals surface area contributed by atoms with Crippen LogP contribution in [0.3, 0.4) is 0 Å². The van der Waals surface area contributed by atoms with Gasteiger partial charge in [-0.1, -0.05) is 0 Å². The molecule has 0 aromatic heterocycles.